The van der Waals surface area contributed by atoms with E-state index in [0.717, 1.165) is 17.5 Å². The molecule has 5 nitrogen and oxygen atoms in total. The molecule has 0 fully saturated rings. The smallest absolute Gasteiger partial charge is 0.172 e. The lowest BCUT2D eigenvalue weighted by Gasteiger charge is -2.09. The van der Waals surface area contributed by atoms with Crippen molar-refractivity contribution in [2.24, 2.45) is 0 Å². The van der Waals surface area contributed by atoms with Crippen LogP contribution in [0.5, 0.6) is 0 Å². The molecule has 0 saturated heterocycles. The van der Waals surface area contributed by atoms with Gasteiger partial charge in [-0.15, -0.1) is 5.10 Å². The van der Waals surface area contributed by atoms with Crippen LogP contribution in [0, 0.1) is 0 Å². The molecule has 0 aliphatic carbocycles. The van der Waals surface area contributed by atoms with Gasteiger partial charge in [0.2, 0.25) is 0 Å². The second kappa shape index (κ2) is 4.22. The largest absolute Gasteiger partial charge is 0.296 e. The van der Waals surface area contributed by atoms with Crippen molar-refractivity contribution in [2.45, 2.75) is 19.9 Å². The Bertz CT molecular complexity index is 490. The summed E-state index contributed by atoms with van der Waals surface area (Å²) < 4.78 is 1.74. The molecule has 0 aromatic carbocycles. The van der Waals surface area contributed by atoms with Crippen LogP contribution in [0.25, 0.3) is 11.3 Å². The Hall–Kier alpha value is -2.04. The molecule has 0 saturated carbocycles. The van der Waals surface area contributed by atoms with Crippen molar-refractivity contribution in [1.29, 1.82) is 0 Å². The second-order valence-corrected chi connectivity index (χ2v) is 3.72. The van der Waals surface area contributed by atoms with Crippen LogP contribution in [0.3, 0.4) is 0 Å². The number of hydrogen-bond donors (Lipinski definition) is 0. The molecular weight excluding hydrogens is 204 g/mol. The number of aromatic nitrogens is 4. The van der Waals surface area contributed by atoms with Crippen molar-refractivity contribution in [3.8, 4) is 11.3 Å². The van der Waals surface area contributed by atoms with E-state index in [0.29, 0.717) is 5.69 Å². The number of pyridine rings is 1. The summed E-state index contributed by atoms with van der Waals surface area (Å²) >= 11 is 0. The summed E-state index contributed by atoms with van der Waals surface area (Å²) in [5.74, 6) is 0. The standard InChI is InChI=1S/C11H12N4O/c1-8(2)15-11(10(7-16)13-14-15)9-3-5-12-6-4-9/h3-8H,1-2H3. The van der Waals surface area contributed by atoms with Crippen LogP contribution in [0.1, 0.15) is 30.4 Å². The van der Waals surface area contributed by atoms with E-state index in [-0.39, 0.29) is 6.04 Å². The summed E-state index contributed by atoms with van der Waals surface area (Å²) in [7, 11) is 0. The van der Waals surface area contributed by atoms with E-state index in [1.165, 1.54) is 0 Å². The highest BCUT2D eigenvalue weighted by atomic mass is 16.1. The van der Waals surface area contributed by atoms with E-state index in [4.69, 9.17) is 0 Å². The molecule has 0 spiro atoms. The first-order valence-corrected chi connectivity index (χ1v) is 5.04. The Labute approximate surface area is 93.1 Å². The van der Waals surface area contributed by atoms with Gasteiger partial charge in [0.05, 0.1) is 5.69 Å². The normalized spacial score (nSPS) is 10.7. The predicted molar refractivity (Wildman–Crippen MR) is 59.0 cm³/mol. The molecule has 2 heterocycles. The second-order valence-electron chi connectivity index (χ2n) is 3.72. The molecule has 2 aromatic heterocycles. The van der Waals surface area contributed by atoms with Crippen molar-refractivity contribution < 1.29 is 4.79 Å². The van der Waals surface area contributed by atoms with E-state index in [9.17, 15) is 4.79 Å². The molecule has 0 aliphatic rings. The summed E-state index contributed by atoms with van der Waals surface area (Å²) in [5, 5.41) is 7.83. The number of carbonyl (C=O) groups is 1. The number of rotatable bonds is 3. The molecule has 0 N–H and O–H groups in total. The van der Waals surface area contributed by atoms with Gasteiger partial charge in [-0.1, -0.05) is 5.21 Å². The Balaban J connectivity index is 2.61. The molecule has 0 amide bonds. The van der Waals surface area contributed by atoms with Gasteiger partial charge in [0, 0.05) is 24.0 Å². The molecule has 0 radical (unpaired) electrons. The summed E-state index contributed by atoms with van der Waals surface area (Å²) in [6.07, 6.45) is 4.09. The fraction of sp³-hybridized carbons (Fsp3) is 0.273. The van der Waals surface area contributed by atoms with Gasteiger partial charge in [-0.25, -0.2) is 4.68 Å². The fourth-order valence-electron chi connectivity index (χ4n) is 1.54. The minimum Gasteiger partial charge on any atom is -0.296 e. The van der Waals surface area contributed by atoms with Gasteiger partial charge in [-0.3, -0.25) is 9.78 Å². The van der Waals surface area contributed by atoms with Gasteiger partial charge in [-0.2, -0.15) is 0 Å². The maximum atomic E-state index is 10.9. The molecule has 0 aliphatic heterocycles. The fourth-order valence-corrected chi connectivity index (χ4v) is 1.54. The monoisotopic (exact) mass is 216 g/mol. The molecule has 2 aromatic rings. The first-order chi connectivity index (χ1) is 7.74. The van der Waals surface area contributed by atoms with Crippen molar-refractivity contribution in [3.63, 3.8) is 0 Å². The highest BCUT2D eigenvalue weighted by molar-refractivity contribution is 5.83. The Morgan fingerprint density at radius 1 is 1.31 bits per heavy atom. The third-order valence-corrected chi connectivity index (χ3v) is 2.28. The van der Waals surface area contributed by atoms with Crippen LogP contribution in [-0.2, 0) is 0 Å². The van der Waals surface area contributed by atoms with Crippen molar-refractivity contribution in [2.75, 3.05) is 0 Å². The average molecular weight is 216 g/mol. The van der Waals surface area contributed by atoms with Crippen LogP contribution < -0.4 is 0 Å². The first-order valence-electron chi connectivity index (χ1n) is 5.04. The molecule has 16 heavy (non-hydrogen) atoms. The lowest BCUT2D eigenvalue weighted by atomic mass is 10.1. The zero-order valence-electron chi connectivity index (χ0n) is 9.16. The van der Waals surface area contributed by atoms with E-state index >= 15 is 0 Å². The maximum Gasteiger partial charge on any atom is 0.172 e. The molecule has 0 unspecified atom stereocenters. The van der Waals surface area contributed by atoms with E-state index in [2.05, 4.69) is 15.3 Å². The lowest BCUT2D eigenvalue weighted by Crippen LogP contribution is -2.05. The molecule has 82 valence electrons. The van der Waals surface area contributed by atoms with Crippen molar-refractivity contribution in [1.82, 2.24) is 20.0 Å². The molecule has 0 bridgehead atoms. The highest BCUT2D eigenvalue weighted by Gasteiger charge is 2.15. The number of nitrogens with zero attached hydrogens (tertiary/aromatic N) is 4. The molecule has 2 rings (SSSR count). The highest BCUT2D eigenvalue weighted by Crippen LogP contribution is 2.23. The topological polar surface area (TPSA) is 60.7 Å². The van der Waals surface area contributed by atoms with E-state index < -0.39 is 0 Å². The van der Waals surface area contributed by atoms with Crippen LogP contribution >= 0.6 is 0 Å². The maximum absolute atomic E-state index is 10.9. The van der Waals surface area contributed by atoms with Crippen LogP contribution in [0.2, 0.25) is 0 Å². The zero-order chi connectivity index (χ0) is 11.5. The molecule has 5 heteroatoms. The SMILES string of the molecule is CC(C)n1nnc(C=O)c1-c1ccncc1. The summed E-state index contributed by atoms with van der Waals surface area (Å²) in [4.78, 5) is 14.9. The first kappa shape index (κ1) is 10.5. The third-order valence-electron chi connectivity index (χ3n) is 2.28. The lowest BCUT2D eigenvalue weighted by molar-refractivity contribution is 0.111. The third kappa shape index (κ3) is 1.71. The molecular formula is C11H12N4O. The minimum atomic E-state index is 0.157. The Morgan fingerprint density at radius 3 is 2.56 bits per heavy atom. The predicted octanol–water partition coefficient (Wildman–Crippen LogP) is 1.73. The Morgan fingerprint density at radius 2 is 2.00 bits per heavy atom. The molecule has 0 atom stereocenters. The summed E-state index contributed by atoms with van der Waals surface area (Å²) in [5.41, 5.74) is 2.00. The number of aldehydes is 1. The quantitative estimate of drug-likeness (QED) is 0.733. The number of hydrogen-bond acceptors (Lipinski definition) is 4. The van der Waals surface area contributed by atoms with Crippen molar-refractivity contribution >= 4 is 6.29 Å². The van der Waals surface area contributed by atoms with Gasteiger partial charge in [-0.05, 0) is 26.0 Å². The van der Waals surface area contributed by atoms with Crippen molar-refractivity contribution in [3.05, 3.63) is 30.2 Å². The van der Waals surface area contributed by atoms with E-state index in [1.54, 1.807) is 17.1 Å². The minimum absolute atomic E-state index is 0.157. The van der Waals surface area contributed by atoms with Crippen LogP contribution in [0.4, 0.5) is 0 Å². The van der Waals surface area contributed by atoms with Gasteiger partial charge < -0.3 is 0 Å². The van der Waals surface area contributed by atoms with E-state index in [1.807, 2.05) is 26.0 Å². The Kier molecular flexibility index (Phi) is 2.76. The van der Waals surface area contributed by atoms with Gasteiger partial charge >= 0.3 is 0 Å². The van der Waals surface area contributed by atoms with Crippen LogP contribution in [-0.4, -0.2) is 26.3 Å². The summed E-state index contributed by atoms with van der Waals surface area (Å²) in [6.45, 7) is 3.99. The average Bonchev–Trinajstić information content (AvgIpc) is 2.73. The van der Waals surface area contributed by atoms with Gasteiger partial charge in [0.25, 0.3) is 0 Å². The number of carbonyl (C=O) groups excluding carboxylic acids is 1. The zero-order valence-corrected chi connectivity index (χ0v) is 9.16. The van der Waals surface area contributed by atoms with Gasteiger partial charge in [0.1, 0.15) is 0 Å². The summed E-state index contributed by atoms with van der Waals surface area (Å²) in [6, 6.07) is 3.83. The van der Waals surface area contributed by atoms with Gasteiger partial charge in [0.15, 0.2) is 12.0 Å². The van der Waals surface area contributed by atoms with Crippen LogP contribution in [0.15, 0.2) is 24.5 Å².